The minimum Gasteiger partial charge on any atom is -0.642 e. The first-order valence-electron chi connectivity index (χ1n) is 14.2. The van der Waals surface area contributed by atoms with Crippen LogP contribution in [0.4, 0.5) is 0 Å². The van der Waals surface area contributed by atoms with Gasteiger partial charge < -0.3 is 18.8 Å². The Morgan fingerprint density at radius 3 is 1.95 bits per heavy atom. The van der Waals surface area contributed by atoms with Crippen LogP contribution < -0.4 is 19.5 Å². The number of methoxy groups -OCH3 is 1. The number of benzene rings is 6. The van der Waals surface area contributed by atoms with Crippen LogP contribution in [0.2, 0.25) is 0 Å². The highest BCUT2D eigenvalue weighted by molar-refractivity contribution is 6.78. The van der Waals surface area contributed by atoms with E-state index in [0.717, 1.165) is 66.5 Å². The second-order valence-corrected chi connectivity index (χ2v) is 10.9. The number of ether oxygens (including phenoxy) is 1. The Labute approximate surface area is 244 Å². The molecule has 0 unspecified atom stereocenters. The van der Waals surface area contributed by atoms with Crippen molar-refractivity contribution in [3.63, 3.8) is 0 Å². The van der Waals surface area contributed by atoms with Crippen molar-refractivity contribution in [3.05, 3.63) is 132 Å². The molecule has 2 heterocycles. The van der Waals surface area contributed by atoms with Crippen molar-refractivity contribution >= 4 is 40.0 Å². The zero-order valence-corrected chi connectivity index (χ0v) is 23.4. The highest BCUT2D eigenvalue weighted by Crippen LogP contribution is 2.49. The van der Waals surface area contributed by atoms with E-state index < -0.39 is 6.75 Å². The Morgan fingerprint density at radius 2 is 1.29 bits per heavy atom. The van der Waals surface area contributed by atoms with Crippen molar-refractivity contribution < 1.29 is 23.5 Å². The summed E-state index contributed by atoms with van der Waals surface area (Å²) < 4.78 is 28.4. The molecule has 204 valence electrons. The van der Waals surface area contributed by atoms with Gasteiger partial charge in [-0.15, -0.1) is 0 Å². The van der Waals surface area contributed by atoms with E-state index in [2.05, 4.69) is 79.7 Å². The maximum Gasteiger partial charge on any atom is 0.634 e. The minimum atomic E-state index is -2.50. The summed E-state index contributed by atoms with van der Waals surface area (Å²) in [6.45, 7) is -0.405. The maximum absolute atomic E-state index is 7.04. The molecular weight excluding hydrogens is 521 g/mol. The van der Waals surface area contributed by atoms with E-state index in [4.69, 9.17) is 18.8 Å². The largest absolute Gasteiger partial charge is 0.642 e. The van der Waals surface area contributed by atoms with Crippen LogP contribution in [0.1, 0.15) is 24.1 Å². The lowest BCUT2D eigenvalue weighted by Gasteiger charge is -2.41. The third-order valence-electron chi connectivity index (χ3n) is 8.46. The Bertz CT molecular complexity index is 1970. The van der Waals surface area contributed by atoms with Gasteiger partial charge >= 0.3 is 6.75 Å². The third kappa shape index (κ3) is 3.76. The molecule has 0 saturated carbocycles. The van der Waals surface area contributed by atoms with Crippen LogP contribution in [0.3, 0.4) is 0 Å². The molecule has 0 fully saturated rings. The van der Waals surface area contributed by atoms with E-state index >= 15 is 0 Å². The second kappa shape index (κ2) is 9.42. The Balaban J connectivity index is 1.38. The van der Waals surface area contributed by atoms with Gasteiger partial charge in [0.1, 0.15) is 5.75 Å². The van der Waals surface area contributed by atoms with Crippen LogP contribution >= 0.6 is 0 Å². The van der Waals surface area contributed by atoms with Crippen LogP contribution in [0.25, 0.3) is 32.7 Å². The van der Waals surface area contributed by atoms with Crippen LogP contribution in [0.5, 0.6) is 17.2 Å². The lowest BCUT2D eigenvalue weighted by molar-refractivity contribution is -0.783. The molecular formula is C36H28BNO4. The summed E-state index contributed by atoms with van der Waals surface area (Å²) in [5.41, 5.74) is 4.88. The molecule has 0 aliphatic carbocycles. The summed E-state index contributed by atoms with van der Waals surface area (Å²) in [6.07, 6.45) is 2.02. The number of hydrogen-bond acceptors (Lipinski definition) is 4. The standard InChI is InChI=1S/C36H28BNO4/c1-24(27-13-9-14-29(22-27)39-2)38-23-28-12-5-8-17-32(28)37(42-38)40-33-20-18-25-10-3-6-15-30(25)35(33)36-31-16-7-4-11-26(31)19-21-34(36)41-37/h3-24H,1-2H3/t24-/m0/s1. The first kappa shape index (κ1) is 24.6. The normalized spacial score (nSPS) is 15.2. The number of fused-ring (bicyclic) bond motifs is 9. The first-order chi connectivity index (χ1) is 20.6. The summed E-state index contributed by atoms with van der Waals surface area (Å²) in [5, 5.41) is 4.46. The smallest absolute Gasteiger partial charge is 0.634 e. The molecule has 2 aliphatic rings. The molecule has 2 aliphatic heterocycles. The molecule has 0 aromatic heterocycles. The predicted molar refractivity (Wildman–Crippen MR) is 168 cm³/mol. The Morgan fingerprint density at radius 1 is 0.667 bits per heavy atom. The van der Waals surface area contributed by atoms with Gasteiger partial charge in [0, 0.05) is 29.2 Å². The van der Waals surface area contributed by atoms with Crippen LogP contribution in [0.15, 0.2) is 121 Å². The molecule has 0 N–H and O–H groups in total. The molecule has 0 amide bonds. The average Bonchev–Trinajstić information content (AvgIpc) is 3.19. The molecule has 8 rings (SSSR count). The number of hydrogen-bond donors (Lipinski definition) is 0. The fraction of sp³-hybridized carbons (Fsp3) is 0.0833. The molecule has 0 saturated heterocycles. The monoisotopic (exact) mass is 549 g/mol. The minimum absolute atomic E-state index is 0.158. The second-order valence-electron chi connectivity index (χ2n) is 10.9. The van der Waals surface area contributed by atoms with E-state index in [0.29, 0.717) is 0 Å². The van der Waals surface area contributed by atoms with Gasteiger partial charge in [-0.05, 0) is 45.8 Å². The fourth-order valence-electron chi connectivity index (χ4n) is 6.33. The molecule has 6 heteroatoms. The van der Waals surface area contributed by atoms with E-state index in [1.54, 1.807) is 7.11 Å². The van der Waals surface area contributed by atoms with Crippen LogP contribution in [0, 0.1) is 0 Å². The molecule has 6 aromatic rings. The summed E-state index contributed by atoms with van der Waals surface area (Å²) in [6, 6.07) is 41.1. The van der Waals surface area contributed by atoms with Gasteiger partial charge in [-0.3, -0.25) is 0 Å². The molecule has 1 atom stereocenters. The van der Waals surface area contributed by atoms with E-state index in [1.165, 1.54) is 0 Å². The third-order valence-corrected chi connectivity index (χ3v) is 8.46. The van der Waals surface area contributed by atoms with Crippen molar-refractivity contribution in [2.75, 3.05) is 7.11 Å². The van der Waals surface area contributed by atoms with Gasteiger partial charge in [-0.2, -0.15) is 0 Å². The van der Waals surface area contributed by atoms with Gasteiger partial charge in [0.2, 0.25) is 12.3 Å². The van der Waals surface area contributed by atoms with Gasteiger partial charge in [0.15, 0.2) is 0 Å². The first-order valence-corrected chi connectivity index (χ1v) is 14.2. The van der Waals surface area contributed by atoms with Crippen molar-refractivity contribution in [2.24, 2.45) is 0 Å². The Hall–Kier alpha value is -5.23. The summed E-state index contributed by atoms with van der Waals surface area (Å²) >= 11 is 0. The van der Waals surface area contributed by atoms with Crippen molar-refractivity contribution in [1.82, 2.24) is 0 Å². The molecule has 0 radical (unpaired) electrons. The maximum atomic E-state index is 7.04. The average molecular weight is 549 g/mol. The quantitative estimate of drug-likeness (QED) is 0.170. The van der Waals surface area contributed by atoms with Gasteiger partial charge in [-0.25, -0.2) is 0 Å². The summed E-state index contributed by atoms with van der Waals surface area (Å²) in [4.78, 5) is 0. The number of nitrogens with zero attached hydrogens (tertiary/aromatic N) is 1. The van der Waals surface area contributed by atoms with E-state index in [9.17, 15) is 0 Å². The highest BCUT2D eigenvalue weighted by atomic mass is 16.8. The highest BCUT2D eigenvalue weighted by Gasteiger charge is 2.50. The Kier molecular flexibility index (Phi) is 5.51. The van der Waals surface area contributed by atoms with Crippen molar-refractivity contribution in [2.45, 2.75) is 13.0 Å². The molecule has 0 bridgehead atoms. The van der Waals surface area contributed by atoms with Crippen molar-refractivity contribution in [3.8, 4) is 28.4 Å². The van der Waals surface area contributed by atoms with Crippen LogP contribution in [-0.4, -0.2) is 24.8 Å². The summed E-state index contributed by atoms with van der Waals surface area (Å²) in [7, 11) is 1.68. The van der Waals surface area contributed by atoms with Gasteiger partial charge in [-0.1, -0.05) is 107 Å². The van der Waals surface area contributed by atoms with Crippen molar-refractivity contribution in [1.29, 1.82) is 0 Å². The molecule has 5 nitrogen and oxygen atoms in total. The number of rotatable bonds is 3. The number of hydroxylamine groups is 1. The van der Waals surface area contributed by atoms with Gasteiger partial charge in [0.25, 0.3) is 0 Å². The van der Waals surface area contributed by atoms with Gasteiger partial charge in [0.05, 0.1) is 18.6 Å². The fourth-order valence-corrected chi connectivity index (χ4v) is 6.33. The zero-order valence-electron chi connectivity index (χ0n) is 23.4. The van der Waals surface area contributed by atoms with E-state index in [1.807, 2.05) is 59.5 Å². The lowest BCUT2D eigenvalue weighted by Crippen LogP contribution is -2.66. The van der Waals surface area contributed by atoms with E-state index in [-0.39, 0.29) is 6.04 Å². The van der Waals surface area contributed by atoms with Crippen LogP contribution in [-0.2, 0) is 4.76 Å². The molecule has 42 heavy (non-hydrogen) atoms. The molecule has 6 aromatic carbocycles. The SMILES string of the molecule is COc1cccc([C@H](C)[N+]2=Cc3ccccc3[B-]3(Oc4ccc5ccccc5c4-c4c(ccc5ccccc45)O3)O2)c1. The molecule has 1 spiro atoms. The predicted octanol–water partition coefficient (Wildman–Crippen LogP) is 7.42. The zero-order chi connectivity index (χ0) is 28.3. The topological polar surface area (TPSA) is 39.9 Å². The summed E-state index contributed by atoms with van der Waals surface area (Å²) in [5.74, 6) is 2.23. The lowest BCUT2D eigenvalue weighted by atomic mass is 9.66.